The van der Waals surface area contributed by atoms with E-state index in [4.69, 9.17) is 9.15 Å². The van der Waals surface area contributed by atoms with Crippen molar-refractivity contribution in [3.8, 4) is 0 Å². The van der Waals surface area contributed by atoms with E-state index in [0.29, 0.717) is 0 Å². The van der Waals surface area contributed by atoms with Crippen LogP contribution in [0.2, 0.25) is 0 Å². The van der Waals surface area contributed by atoms with E-state index in [-0.39, 0.29) is 24.6 Å². The van der Waals surface area contributed by atoms with E-state index in [0.717, 1.165) is 12.1 Å². The number of amides is 3. The molecule has 0 fully saturated rings. The molecule has 3 N–H and O–H groups in total. The molecule has 10 heteroatoms. The van der Waals surface area contributed by atoms with E-state index in [2.05, 4.69) is 16.0 Å². The molecule has 140 valence electrons. The predicted octanol–water partition coefficient (Wildman–Crippen LogP) is 3.32. The number of hydrogen-bond acceptors (Lipinski definition) is 4. The number of alkyl halides is 3. The number of hydrogen-bond donors (Lipinski definition) is 3. The number of furan rings is 1. The van der Waals surface area contributed by atoms with Crippen LogP contribution in [-0.2, 0) is 10.9 Å². The van der Waals surface area contributed by atoms with E-state index in [1.807, 2.05) is 0 Å². The normalized spacial score (nSPS) is 11.1. The average molecular weight is 371 g/mol. The lowest BCUT2D eigenvalue weighted by Crippen LogP contribution is -2.32. The highest BCUT2D eigenvalue weighted by Crippen LogP contribution is 2.36. The number of halogens is 3. The molecular formula is C16H16F3N3O4. The van der Waals surface area contributed by atoms with Crippen LogP contribution in [0.4, 0.5) is 29.3 Å². The first-order valence-electron chi connectivity index (χ1n) is 7.41. The molecule has 26 heavy (non-hydrogen) atoms. The fourth-order valence-electron chi connectivity index (χ4n) is 2.00. The topological polar surface area (TPSA) is 92.6 Å². The Morgan fingerprint density at radius 3 is 2.58 bits per heavy atom. The first kappa shape index (κ1) is 19.3. The van der Waals surface area contributed by atoms with Crippen LogP contribution in [0.25, 0.3) is 0 Å². The molecule has 0 aliphatic carbocycles. The van der Waals surface area contributed by atoms with Crippen LogP contribution in [0.15, 0.2) is 41.0 Å². The second-order valence-electron chi connectivity index (χ2n) is 5.06. The first-order valence-corrected chi connectivity index (χ1v) is 7.41. The zero-order valence-corrected chi connectivity index (χ0v) is 13.6. The number of rotatable bonds is 6. The molecule has 1 heterocycles. The van der Waals surface area contributed by atoms with Crippen molar-refractivity contribution in [1.29, 1.82) is 0 Å². The monoisotopic (exact) mass is 371 g/mol. The Hall–Kier alpha value is -3.01. The fourth-order valence-corrected chi connectivity index (χ4v) is 2.00. The SMILES string of the molecule is COCCNC(=O)Nc1ccc(NC(=O)c2ccco2)cc1C(F)(F)F. The third kappa shape index (κ3) is 5.24. The summed E-state index contributed by atoms with van der Waals surface area (Å²) in [5, 5.41) is 6.78. The summed E-state index contributed by atoms with van der Waals surface area (Å²) in [7, 11) is 1.43. The van der Waals surface area contributed by atoms with Gasteiger partial charge in [0.15, 0.2) is 5.76 Å². The van der Waals surface area contributed by atoms with Gasteiger partial charge < -0.3 is 25.1 Å². The zero-order chi connectivity index (χ0) is 19.2. The van der Waals surface area contributed by atoms with Gasteiger partial charge >= 0.3 is 12.2 Å². The van der Waals surface area contributed by atoms with Crippen molar-refractivity contribution >= 4 is 23.3 Å². The summed E-state index contributed by atoms with van der Waals surface area (Å²) in [6.45, 7) is 0.359. The van der Waals surface area contributed by atoms with Crippen LogP contribution in [0.3, 0.4) is 0 Å². The standard InChI is InChI=1S/C16H16F3N3O4/c1-25-8-6-20-15(24)22-12-5-4-10(9-11(12)16(17,18)19)21-14(23)13-3-2-7-26-13/h2-5,7,9H,6,8H2,1H3,(H,21,23)(H2,20,22,24). The Balaban J connectivity index is 2.16. The highest BCUT2D eigenvalue weighted by atomic mass is 19.4. The van der Waals surface area contributed by atoms with Crippen LogP contribution < -0.4 is 16.0 Å². The number of benzene rings is 1. The molecule has 2 aromatic rings. The lowest BCUT2D eigenvalue weighted by Gasteiger charge is -2.16. The third-order valence-corrected chi connectivity index (χ3v) is 3.17. The minimum absolute atomic E-state index is 0.0433. The number of nitrogens with one attached hydrogen (secondary N) is 3. The van der Waals surface area contributed by atoms with Crippen molar-refractivity contribution in [2.45, 2.75) is 6.18 Å². The lowest BCUT2D eigenvalue weighted by molar-refractivity contribution is -0.136. The summed E-state index contributed by atoms with van der Waals surface area (Å²) in [6.07, 6.45) is -3.47. The third-order valence-electron chi connectivity index (χ3n) is 3.17. The number of urea groups is 1. The molecule has 0 bridgehead atoms. The summed E-state index contributed by atoms with van der Waals surface area (Å²) in [6, 6.07) is 5.06. The van der Waals surface area contributed by atoms with Crippen molar-refractivity contribution in [2.24, 2.45) is 0 Å². The van der Waals surface area contributed by atoms with E-state index in [1.54, 1.807) is 0 Å². The van der Waals surface area contributed by atoms with Gasteiger partial charge in [0.05, 0.1) is 24.1 Å². The molecule has 0 unspecified atom stereocenters. The van der Waals surface area contributed by atoms with Gasteiger partial charge in [-0.05, 0) is 30.3 Å². The fraction of sp³-hybridized carbons (Fsp3) is 0.250. The molecule has 0 saturated heterocycles. The largest absolute Gasteiger partial charge is 0.459 e. The number of carbonyl (C=O) groups excluding carboxylic acids is 2. The summed E-state index contributed by atoms with van der Waals surface area (Å²) in [5.74, 6) is -0.737. The van der Waals surface area contributed by atoms with Crippen LogP contribution in [0.5, 0.6) is 0 Å². The van der Waals surface area contributed by atoms with Crippen molar-refractivity contribution in [1.82, 2.24) is 5.32 Å². The Morgan fingerprint density at radius 1 is 1.19 bits per heavy atom. The molecule has 1 aromatic carbocycles. The molecule has 0 spiro atoms. The van der Waals surface area contributed by atoms with Gasteiger partial charge in [0.2, 0.25) is 0 Å². The van der Waals surface area contributed by atoms with Gasteiger partial charge in [-0.2, -0.15) is 13.2 Å². The van der Waals surface area contributed by atoms with Crippen LogP contribution in [0.1, 0.15) is 16.1 Å². The Morgan fingerprint density at radius 2 is 1.96 bits per heavy atom. The molecule has 0 aliphatic heterocycles. The molecule has 0 saturated carbocycles. The van der Waals surface area contributed by atoms with E-state index in [1.165, 1.54) is 31.6 Å². The lowest BCUT2D eigenvalue weighted by atomic mass is 10.1. The highest BCUT2D eigenvalue weighted by molar-refractivity contribution is 6.02. The van der Waals surface area contributed by atoms with Crippen LogP contribution in [0, 0.1) is 0 Å². The maximum atomic E-state index is 13.3. The van der Waals surface area contributed by atoms with Gasteiger partial charge in [-0.25, -0.2) is 4.79 Å². The summed E-state index contributed by atoms with van der Waals surface area (Å²) in [4.78, 5) is 23.5. The van der Waals surface area contributed by atoms with Gasteiger partial charge in [-0.1, -0.05) is 0 Å². The summed E-state index contributed by atoms with van der Waals surface area (Å²) < 4.78 is 49.4. The Labute approximate surface area is 146 Å². The zero-order valence-electron chi connectivity index (χ0n) is 13.6. The second kappa shape index (κ2) is 8.39. The maximum Gasteiger partial charge on any atom is 0.418 e. The number of carbonyl (C=O) groups is 2. The van der Waals surface area contributed by atoms with Crippen molar-refractivity contribution < 1.29 is 31.9 Å². The molecule has 0 aliphatic rings. The Kier molecular flexibility index (Phi) is 6.23. The van der Waals surface area contributed by atoms with Crippen molar-refractivity contribution in [3.63, 3.8) is 0 Å². The number of methoxy groups -OCH3 is 1. The first-order chi connectivity index (χ1) is 12.3. The van der Waals surface area contributed by atoms with Gasteiger partial charge in [0.25, 0.3) is 5.91 Å². The second-order valence-corrected chi connectivity index (χ2v) is 5.06. The summed E-state index contributed by atoms with van der Waals surface area (Å²) >= 11 is 0. The minimum atomic E-state index is -4.74. The van der Waals surface area contributed by atoms with Crippen LogP contribution >= 0.6 is 0 Å². The molecule has 1 aromatic heterocycles. The minimum Gasteiger partial charge on any atom is -0.459 e. The number of anilines is 2. The molecule has 0 atom stereocenters. The van der Waals surface area contributed by atoms with Crippen molar-refractivity contribution in [2.75, 3.05) is 30.9 Å². The van der Waals surface area contributed by atoms with Gasteiger partial charge in [-0.15, -0.1) is 0 Å². The van der Waals surface area contributed by atoms with Crippen molar-refractivity contribution in [3.05, 3.63) is 47.9 Å². The van der Waals surface area contributed by atoms with Gasteiger partial charge in [-0.3, -0.25) is 4.79 Å². The smallest absolute Gasteiger partial charge is 0.418 e. The molecular weight excluding hydrogens is 355 g/mol. The van der Waals surface area contributed by atoms with Crippen LogP contribution in [-0.4, -0.2) is 32.2 Å². The Bertz CT molecular complexity index is 761. The van der Waals surface area contributed by atoms with E-state index < -0.39 is 29.4 Å². The average Bonchev–Trinajstić information content (AvgIpc) is 3.10. The molecule has 0 radical (unpaired) electrons. The summed E-state index contributed by atoms with van der Waals surface area (Å²) in [5.41, 5.74) is -1.64. The predicted molar refractivity (Wildman–Crippen MR) is 87.0 cm³/mol. The molecule has 3 amide bonds. The number of ether oxygens (including phenoxy) is 1. The molecule has 7 nitrogen and oxygen atoms in total. The van der Waals surface area contributed by atoms with E-state index in [9.17, 15) is 22.8 Å². The maximum absolute atomic E-state index is 13.3. The van der Waals surface area contributed by atoms with Gasteiger partial charge in [0, 0.05) is 19.3 Å². The quantitative estimate of drug-likeness (QED) is 0.679. The molecule has 2 rings (SSSR count). The highest BCUT2D eigenvalue weighted by Gasteiger charge is 2.34. The van der Waals surface area contributed by atoms with E-state index >= 15 is 0 Å². The van der Waals surface area contributed by atoms with Gasteiger partial charge in [0.1, 0.15) is 0 Å².